The van der Waals surface area contributed by atoms with E-state index in [2.05, 4.69) is 32.1 Å². The van der Waals surface area contributed by atoms with Gasteiger partial charge in [-0.1, -0.05) is 23.2 Å². The number of carbonyl (C=O) groups excluding carboxylic acids is 2. The van der Waals surface area contributed by atoms with Crippen LogP contribution in [0.2, 0.25) is 10.0 Å². The standard InChI is InChI=1S/C11H12O4S.C9H9ClO4S.C8H6ClIO2/c1-16(14,15)10-5-8(7-2-3-7)4-9(6-10)11(12)13;1-14-9(11)6-3-7(10)5-8(4-6)15(2,12)13;1-12-8(11)5-2-6(9)4-7(10)3-5/h4-7H,2-3H2,1H3,(H,12,13);3-5H,1-2H3;2-4H,1H3. The van der Waals surface area contributed by atoms with Gasteiger partial charge in [0.2, 0.25) is 0 Å². The number of esters is 2. The molecular formula is C28H27Cl2IO10S2. The van der Waals surface area contributed by atoms with Gasteiger partial charge in [0.1, 0.15) is 0 Å². The van der Waals surface area contributed by atoms with Crippen LogP contribution < -0.4 is 0 Å². The highest BCUT2D eigenvalue weighted by atomic mass is 127. The van der Waals surface area contributed by atoms with E-state index >= 15 is 0 Å². The van der Waals surface area contributed by atoms with Crippen molar-refractivity contribution in [3.8, 4) is 0 Å². The fourth-order valence-electron chi connectivity index (χ4n) is 3.41. The molecule has 1 aliphatic rings. The van der Waals surface area contributed by atoms with Crippen molar-refractivity contribution in [1.82, 2.24) is 0 Å². The van der Waals surface area contributed by atoms with Crippen LogP contribution in [0.15, 0.2) is 64.4 Å². The summed E-state index contributed by atoms with van der Waals surface area (Å²) in [5.41, 5.74) is 1.46. The zero-order valence-electron chi connectivity index (χ0n) is 23.3. The fraction of sp³-hybridized carbons (Fsp3) is 0.250. The maximum Gasteiger partial charge on any atom is 0.337 e. The minimum absolute atomic E-state index is 0.00426. The first-order valence-corrected chi connectivity index (χ1v) is 17.7. The van der Waals surface area contributed by atoms with Crippen molar-refractivity contribution in [2.75, 3.05) is 26.7 Å². The molecule has 0 spiro atoms. The molecule has 15 heteroatoms. The molecule has 43 heavy (non-hydrogen) atoms. The van der Waals surface area contributed by atoms with Crippen molar-refractivity contribution in [3.63, 3.8) is 0 Å². The second-order valence-electron chi connectivity index (χ2n) is 9.23. The number of rotatable bonds is 6. The zero-order valence-corrected chi connectivity index (χ0v) is 28.6. The Hall–Kier alpha value is -2.72. The van der Waals surface area contributed by atoms with Crippen LogP contribution in [-0.4, -0.2) is 66.6 Å². The van der Waals surface area contributed by atoms with Gasteiger partial charge in [-0.05, 0) is 102 Å². The molecule has 0 aliphatic heterocycles. The van der Waals surface area contributed by atoms with Gasteiger partial charge in [-0.3, -0.25) is 0 Å². The van der Waals surface area contributed by atoms with E-state index in [-0.39, 0.29) is 31.9 Å². The largest absolute Gasteiger partial charge is 0.478 e. The summed E-state index contributed by atoms with van der Waals surface area (Å²) in [7, 11) is -4.18. The molecule has 0 unspecified atom stereocenters. The Morgan fingerprint density at radius 2 is 1.16 bits per heavy atom. The van der Waals surface area contributed by atoms with Crippen LogP contribution in [0.4, 0.5) is 0 Å². The number of hydrogen-bond donors (Lipinski definition) is 1. The van der Waals surface area contributed by atoms with E-state index in [1.807, 2.05) is 0 Å². The first-order chi connectivity index (χ1) is 19.8. The Balaban J connectivity index is 0.000000228. The summed E-state index contributed by atoms with van der Waals surface area (Å²) in [5, 5.41) is 9.63. The van der Waals surface area contributed by atoms with Crippen LogP contribution >= 0.6 is 45.8 Å². The number of benzene rings is 3. The van der Waals surface area contributed by atoms with Crippen molar-refractivity contribution >= 4 is 83.4 Å². The first kappa shape index (κ1) is 36.5. The highest BCUT2D eigenvalue weighted by molar-refractivity contribution is 14.1. The predicted molar refractivity (Wildman–Crippen MR) is 170 cm³/mol. The second kappa shape index (κ2) is 15.3. The lowest BCUT2D eigenvalue weighted by molar-refractivity contribution is 0.0591. The maximum absolute atomic E-state index is 11.4. The Kier molecular flexibility index (Phi) is 13.0. The van der Waals surface area contributed by atoms with E-state index in [1.54, 1.807) is 30.3 Å². The molecule has 4 rings (SSSR count). The summed E-state index contributed by atoms with van der Waals surface area (Å²) in [6, 6.07) is 13.3. The molecule has 3 aromatic carbocycles. The topological polar surface area (TPSA) is 158 Å². The van der Waals surface area contributed by atoms with E-state index in [1.165, 1.54) is 38.5 Å². The zero-order chi connectivity index (χ0) is 32.7. The van der Waals surface area contributed by atoms with Crippen LogP contribution in [0.1, 0.15) is 55.4 Å². The number of carbonyl (C=O) groups is 3. The molecule has 0 aromatic heterocycles. The summed E-state index contributed by atoms with van der Waals surface area (Å²) in [5.74, 6) is -1.75. The average molecular weight is 785 g/mol. The van der Waals surface area contributed by atoms with Crippen molar-refractivity contribution in [1.29, 1.82) is 0 Å². The van der Waals surface area contributed by atoms with Gasteiger partial charge in [0.15, 0.2) is 19.7 Å². The number of aromatic carboxylic acids is 1. The first-order valence-electron chi connectivity index (χ1n) is 12.1. The monoisotopic (exact) mass is 784 g/mol. The molecule has 0 heterocycles. The van der Waals surface area contributed by atoms with Gasteiger partial charge in [0, 0.05) is 26.1 Å². The summed E-state index contributed by atoms with van der Waals surface area (Å²) < 4.78 is 55.2. The number of hydrogen-bond acceptors (Lipinski definition) is 9. The molecule has 0 amide bonds. The van der Waals surface area contributed by atoms with Gasteiger partial charge in [-0.2, -0.15) is 0 Å². The molecule has 0 saturated heterocycles. The van der Waals surface area contributed by atoms with Crippen LogP contribution in [0.5, 0.6) is 0 Å². The van der Waals surface area contributed by atoms with E-state index < -0.39 is 31.6 Å². The third-order valence-corrected chi connectivity index (χ3v) is 8.90. The Morgan fingerprint density at radius 1 is 0.721 bits per heavy atom. The average Bonchev–Trinajstić information content (AvgIpc) is 3.76. The third-order valence-electron chi connectivity index (χ3n) is 5.66. The van der Waals surface area contributed by atoms with Gasteiger partial charge in [0.25, 0.3) is 0 Å². The lowest BCUT2D eigenvalue weighted by Gasteiger charge is -2.05. The van der Waals surface area contributed by atoms with E-state index in [0.29, 0.717) is 16.5 Å². The molecule has 1 fully saturated rings. The fourth-order valence-corrected chi connectivity index (χ4v) is 6.18. The molecule has 0 radical (unpaired) electrons. The molecule has 1 N–H and O–H groups in total. The molecule has 10 nitrogen and oxygen atoms in total. The number of sulfone groups is 2. The quantitative estimate of drug-likeness (QED) is 0.235. The summed E-state index contributed by atoms with van der Waals surface area (Å²) in [6.45, 7) is 0. The van der Waals surface area contributed by atoms with Crippen molar-refractivity contribution in [2.24, 2.45) is 0 Å². The minimum atomic E-state index is -3.38. The lowest BCUT2D eigenvalue weighted by Crippen LogP contribution is -2.04. The van der Waals surface area contributed by atoms with Crippen LogP contribution in [-0.2, 0) is 29.1 Å². The SMILES string of the molecule is COC(=O)c1cc(Cl)cc(I)c1.COC(=O)c1cc(Cl)cc(S(C)(=O)=O)c1.CS(=O)(=O)c1cc(C(=O)O)cc(C2CC2)c1. The van der Waals surface area contributed by atoms with E-state index in [0.717, 1.165) is 34.5 Å². The molecule has 1 saturated carbocycles. The summed E-state index contributed by atoms with van der Waals surface area (Å²) in [4.78, 5) is 33.2. The van der Waals surface area contributed by atoms with Gasteiger partial charge in [-0.25, -0.2) is 31.2 Å². The van der Waals surface area contributed by atoms with Gasteiger partial charge < -0.3 is 14.6 Å². The number of carboxylic acids is 1. The molecule has 3 aromatic rings. The maximum atomic E-state index is 11.4. The second-order valence-corrected chi connectivity index (χ2v) is 15.4. The Labute approximate surface area is 273 Å². The van der Waals surface area contributed by atoms with Gasteiger partial charge >= 0.3 is 17.9 Å². The lowest BCUT2D eigenvalue weighted by atomic mass is 10.1. The minimum Gasteiger partial charge on any atom is -0.478 e. The Morgan fingerprint density at radius 3 is 1.58 bits per heavy atom. The van der Waals surface area contributed by atoms with Crippen molar-refractivity contribution in [3.05, 3.63) is 90.5 Å². The molecule has 0 bridgehead atoms. The molecular weight excluding hydrogens is 758 g/mol. The molecule has 1 aliphatic carbocycles. The van der Waals surface area contributed by atoms with Crippen molar-refractivity contribution < 1.29 is 45.8 Å². The van der Waals surface area contributed by atoms with Crippen molar-refractivity contribution in [2.45, 2.75) is 28.6 Å². The van der Waals surface area contributed by atoms with Gasteiger partial charge in [-0.15, -0.1) is 0 Å². The van der Waals surface area contributed by atoms with Crippen LogP contribution in [0.25, 0.3) is 0 Å². The third kappa shape index (κ3) is 11.7. The highest BCUT2D eigenvalue weighted by Crippen LogP contribution is 2.41. The number of ether oxygens (including phenoxy) is 2. The van der Waals surface area contributed by atoms with Gasteiger partial charge in [0.05, 0.1) is 40.7 Å². The summed E-state index contributed by atoms with van der Waals surface area (Å²) >= 11 is 13.5. The Bertz CT molecular complexity index is 1730. The molecule has 0 atom stereocenters. The number of methoxy groups -OCH3 is 2. The van der Waals surface area contributed by atoms with Crippen LogP contribution in [0.3, 0.4) is 0 Å². The predicted octanol–water partition coefficient (Wildman–Crippen LogP) is 5.93. The highest BCUT2D eigenvalue weighted by Gasteiger charge is 2.26. The van der Waals surface area contributed by atoms with E-state index in [9.17, 15) is 31.2 Å². The summed E-state index contributed by atoms with van der Waals surface area (Å²) in [6.07, 6.45) is 4.14. The molecule has 232 valence electrons. The normalized spacial score (nSPS) is 12.5. The number of carboxylic acid groups (broad SMARTS) is 1. The smallest absolute Gasteiger partial charge is 0.337 e. The van der Waals surface area contributed by atoms with Crippen LogP contribution in [0, 0.1) is 3.57 Å². The van der Waals surface area contributed by atoms with E-state index in [4.69, 9.17) is 28.3 Å². The number of halogens is 3.